The van der Waals surface area contributed by atoms with E-state index in [-0.39, 0.29) is 30.8 Å². The number of hydrogen-bond acceptors (Lipinski definition) is 4. The van der Waals surface area contributed by atoms with Crippen molar-refractivity contribution in [3.8, 4) is 0 Å². The Kier molecular flexibility index (Phi) is 5.47. The van der Waals surface area contributed by atoms with Crippen molar-refractivity contribution >= 4 is 17.5 Å². The van der Waals surface area contributed by atoms with Gasteiger partial charge in [-0.15, -0.1) is 0 Å². The molecule has 0 aliphatic heterocycles. The maximum Gasteiger partial charge on any atom is 0.311 e. The molecule has 0 amide bonds. The van der Waals surface area contributed by atoms with E-state index < -0.39 is 12.1 Å². The number of ketones is 2. The lowest BCUT2D eigenvalue weighted by Crippen LogP contribution is -2.29. The molecule has 22 heavy (non-hydrogen) atoms. The summed E-state index contributed by atoms with van der Waals surface area (Å²) >= 11 is 0. The van der Waals surface area contributed by atoms with Gasteiger partial charge in [-0.2, -0.15) is 0 Å². The molecule has 4 heteroatoms. The molecule has 118 valence electrons. The minimum absolute atomic E-state index is 0.0848. The highest BCUT2D eigenvalue weighted by atomic mass is 16.5. The van der Waals surface area contributed by atoms with Crippen LogP contribution in [0.4, 0.5) is 0 Å². The molecule has 0 spiro atoms. The van der Waals surface area contributed by atoms with E-state index >= 15 is 0 Å². The van der Waals surface area contributed by atoms with Crippen molar-refractivity contribution in [2.75, 3.05) is 0 Å². The number of carbonyl (C=O) groups excluding carboxylic acids is 3. The molecule has 0 unspecified atom stereocenters. The zero-order chi connectivity index (χ0) is 16.1. The lowest BCUT2D eigenvalue weighted by Gasteiger charge is -2.10. The molecule has 0 radical (unpaired) electrons. The van der Waals surface area contributed by atoms with Crippen LogP contribution in [0, 0.1) is 5.92 Å². The minimum Gasteiger partial charge on any atom is -0.446 e. The number of benzene rings is 1. The van der Waals surface area contributed by atoms with E-state index in [0.717, 1.165) is 18.4 Å². The Balaban J connectivity index is 1.86. The monoisotopic (exact) mass is 302 g/mol. The summed E-state index contributed by atoms with van der Waals surface area (Å²) in [6.07, 6.45) is 1.43. The topological polar surface area (TPSA) is 60.4 Å². The zero-order valence-electron chi connectivity index (χ0n) is 13.1. The van der Waals surface area contributed by atoms with Crippen LogP contribution in [0.2, 0.25) is 0 Å². The van der Waals surface area contributed by atoms with Crippen molar-refractivity contribution in [1.82, 2.24) is 0 Å². The molecule has 0 heterocycles. The van der Waals surface area contributed by atoms with Crippen LogP contribution in [-0.4, -0.2) is 23.6 Å². The summed E-state index contributed by atoms with van der Waals surface area (Å²) in [5.74, 6) is -0.440. The van der Waals surface area contributed by atoms with Crippen LogP contribution in [0.15, 0.2) is 24.3 Å². The van der Waals surface area contributed by atoms with E-state index in [1.807, 2.05) is 24.3 Å². The fourth-order valence-electron chi connectivity index (χ4n) is 2.44. The number of Topliss-reactive ketones (excluding diaryl/α,β-unsaturated/α-hetero) is 2. The molecule has 1 aromatic carbocycles. The Morgan fingerprint density at radius 2 is 1.64 bits per heavy atom. The maximum absolute atomic E-state index is 11.8. The van der Waals surface area contributed by atoms with E-state index in [4.69, 9.17) is 4.74 Å². The fraction of sp³-hybridized carbons (Fsp3) is 0.500. The quantitative estimate of drug-likeness (QED) is 0.599. The summed E-state index contributed by atoms with van der Waals surface area (Å²) in [7, 11) is 0. The van der Waals surface area contributed by atoms with Crippen LogP contribution in [-0.2, 0) is 32.0 Å². The van der Waals surface area contributed by atoms with Gasteiger partial charge >= 0.3 is 5.97 Å². The predicted molar refractivity (Wildman–Crippen MR) is 82.4 cm³/mol. The summed E-state index contributed by atoms with van der Waals surface area (Å²) in [5, 5.41) is 0. The van der Waals surface area contributed by atoms with E-state index in [0.29, 0.717) is 5.92 Å². The molecule has 0 aromatic heterocycles. The van der Waals surface area contributed by atoms with Crippen LogP contribution in [0.5, 0.6) is 0 Å². The molecule has 0 atom stereocenters. The van der Waals surface area contributed by atoms with Gasteiger partial charge in [0.05, 0.1) is 6.42 Å². The van der Waals surface area contributed by atoms with Crippen LogP contribution in [0.25, 0.3) is 0 Å². The average molecular weight is 302 g/mol. The van der Waals surface area contributed by atoms with E-state index in [2.05, 4.69) is 13.8 Å². The van der Waals surface area contributed by atoms with Gasteiger partial charge in [0, 0.05) is 12.8 Å². The minimum atomic E-state index is -1.17. The number of rotatable bonds is 6. The first kappa shape index (κ1) is 16.4. The molecular formula is C18H22O4. The molecule has 0 bridgehead atoms. The molecule has 0 N–H and O–H groups in total. The normalized spacial score (nSPS) is 15.6. The third-order valence-corrected chi connectivity index (χ3v) is 3.83. The number of carbonyl (C=O) groups is 3. The fourth-order valence-corrected chi connectivity index (χ4v) is 2.44. The van der Waals surface area contributed by atoms with E-state index in [1.165, 1.54) is 5.56 Å². The number of esters is 1. The van der Waals surface area contributed by atoms with Gasteiger partial charge in [0.15, 0.2) is 11.6 Å². The third-order valence-electron chi connectivity index (χ3n) is 3.83. The van der Waals surface area contributed by atoms with Gasteiger partial charge in [0.2, 0.25) is 6.10 Å². The number of ether oxygens (including phenoxy) is 1. The maximum atomic E-state index is 11.8. The van der Waals surface area contributed by atoms with Gasteiger partial charge in [-0.05, 0) is 29.9 Å². The van der Waals surface area contributed by atoms with Gasteiger partial charge in [0.1, 0.15) is 0 Å². The van der Waals surface area contributed by atoms with Gasteiger partial charge in [0.25, 0.3) is 0 Å². The largest absolute Gasteiger partial charge is 0.446 e. The summed E-state index contributed by atoms with van der Waals surface area (Å²) < 4.78 is 5.01. The summed E-state index contributed by atoms with van der Waals surface area (Å²) in [5.41, 5.74) is 2.07. The average Bonchev–Trinajstić information content (AvgIpc) is 2.78. The molecule has 1 aliphatic rings. The third kappa shape index (κ3) is 4.52. The highest BCUT2D eigenvalue weighted by molar-refractivity contribution is 6.12. The lowest BCUT2D eigenvalue weighted by atomic mass is 10.0. The molecule has 4 nitrogen and oxygen atoms in total. The molecule has 0 saturated heterocycles. The zero-order valence-corrected chi connectivity index (χ0v) is 13.1. The van der Waals surface area contributed by atoms with Crippen LogP contribution in [0.1, 0.15) is 44.2 Å². The SMILES string of the molecule is CC(C)CCc1ccc(CC(=O)OC2C(=O)CCC2=O)cc1. The highest BCUT2D eigenvalue weighted by Gasteiger charge is 2.35. The first-order valence-electron chi connectivity index (χ1n) is 7.78. The van der Waals surface area contributed by atoms with Crippen molar-refractivity contribution in [2.24, 2.45) is 5.92 Å². The molecule has 2 rings (SSSR count). The molecule has 1 aliphatic carbocycles. The summed E-state index contributed by atoms with van der Waals surface area (Å²) in [4.78, 5) is 34.7. The molecular weight excluding hydrogens is 280 g/mol. The van der Waals surface area contributed by atoms with Crippen LogP contribution < -0.4 is 0 Å². The Bertz CT molecular complexity index is 541. The van der Waals surface area contributed by atoms with Gasteiger partial charge in [-0.1, -0.05) is 38.1 Å². The van der Waals surface area contributed by atoms with Crippen molar-refractivity contribution in [1.29, 1.82) is 0 Å². The molecule has 1 fully saturated rings. The highest BCUT2D eigenvalue weighted by Crippen LogP contribution is 2.16. The number of aryl methyl sites for hydroxylation is 1. The smallest absolute Gasteiger partial charge is 0.311 e. The lowest BCUT2D eigenvalue weighted by molar-refractivity contribution is -0.156. The molecule has 1 saturated carbocycles. The Morgan fingerprint density at radius 1 is 1.09 bits per heavy atom. The van der Waals surface area contributed by atoms with Gasteiger partial charge in [-0.3, -0.25) is 14.4 Å². The number of hydrogen-bond donors (Lipinski definition) is 0. The Morgan fingerprint density at radius 3 is 2.18 bits per heavy atom. The second kappa shape index (κ2) is 7.34. The van der Waals surface area contributed by atoms with Crippen molar-refractivity contribution < 1.29 is 19.1 Å². The predicted octanol–water partition coefficient (Wildman–Crippen LogP) is 2.66. The van der Waals surface area contributed by atoms with Crippen molar-refractivity contribution in [3.05, 3.63) is 35.4 Å². The second-order valence-electron chi connectivity index (χ2n) is 6.23. The van der Waals surface area contributed by atoms with Crippen LogP contribution >= 0.6 is 0 Å². The van der Waals surface area contributed by atoms with Gasteiger partial charge in [-0.25, -0.2) is 0 Å². The van der Waals surface area contributed by atoms with Gasteiger partial charge < -0.3 is 4.74 Å². The van der Waals surface area contributed by atoms with Crippen LogP contribution in [0.3, 0.4) is 0 Å². The van der Waals surface area contributed by atoms with E-state index in [9.17, 15) is 14.4 Å². The second-order valence-corrected chi connectivity index (χ2v) is 6.23. The molecule has 1 aromatic rings. The summed E-state index contributed by atoms with van der Waals surface area (Å²) in [6.45, 7) is 4.38. The summed E-state index contributed by atoms with van der Waals surface area (Å²) in [6, 6.07) is 7.82. The Labute approximate surface area is 130 Å². The van der Waals surface area contributed by atoms with Crippen molar-refractivity contribution in [2.45, 2.75) is 52.1 Å². The Hall–Kier alpha value is -1.97. The standard InChI is InChI=1S/C18H22O4/c1-12(2)3-4-13-5-7-14(8-6-13)11-17(21)22-18-15(19)9-10-16(18)20/h5-8,12,18H,3-4,9-11H2,1-2H3. The first-order chi connectivity index (χ1) is 10.5. The first-order valence-corrected chi connectivity index (χ1v) is 7.78. The van der Waals surface area contributed by atoms with E-state index in [1.54, 1.807) is 0 Å². The van der Waals surface area contributed by atoms with Crippen molar-refractivity contribution in [3.63, 3.8) is 0 Å².